The van der Waals surface area contributed by atoms with E-state index in [2.05, 4.69) is 10.4 Å². The Morgan fingerprint density at radius 2 is 1.92 bits per heavy atom. The molecule has 3 rings (SSSR count). The Balaban J connectivity index is 1.77. The lowest BCUT2D eigenvalue weighted by Crippen LogP contribution is -2.23. The van der Waals surface area contributed by atoms with Crippen molar-refractivity contribution in [2.75, 3.05) is 5.32 Å². The van der Waals surface area contributed by atoms with Crippen molar-refractivity contribution in [1.82, 2.24) is 9.78 Å². The van der Waals surface area contributed by atoms with Crippen LogP contribution in [0.2, 0.25) is 0 Å². The third-order valence-corrected chi connectivity index (χ3v) is 4.41. The summed E-state index contributed by atoms with van der Waals surface area (Å²) in [6, 6.07) is 11.7. The summed E-state index contributed by atoms with van der Waals surface area (Å²) in [6.45, 7) is 3.58. The first-order chi connectivity index (χ1) is 12.5. The second-order valence-electron chi connectivity index (χ2n) is 6.27. The summed E-state index contributed by atoms with van der Waals surface area (Å²) in [4.78, 5) is 24.8. The monoisotopic (exact) mass is 351 g/mol. The minimum atomic E-state index is -0.618. The highest BCUT2D eigenvalue weighted by molar-refractivity contribution is 6.05. The number of nitrogens with zero attached hydrogens (tertiary/aromatic N) is 2. The van der Waals surface area contributed by atoms with Crippen LogP contribution in [-0.2, 0) is 19.9 Å². The smallest absolute Gasteiger partial charge is 0.349 e. The SMILES string of the molecule is Cc1cc(CCc2ccccc2)oc(=O)c1C(=O)Nc1cnn(C)c1C. The number of aromatic nitrogens is 2. The number of carbonyl (C=O) groups is 1. The molecule has 2 aromatic heterocycles. The van der Waals surface area contributed by atoms with E-state index in [4.69, 9.17) is 4.42 Å². The third kappa shape index (κ3) is 3.74. The molecule has 6 heteroatoms. The van der Waals surface area contributed by atoms with E-state index >= 15 is 0 Å². The molecule has 0 fully saturated rings. The fourth-order valence-electron chi connectivity index (χ4n) is 2.79. The lowest BCUT2D eigenvalue weighted by atomic mass is 10.1. The third-order valence-electron chi connectivity index (χ3n) is 4.41. The first-order valence-corrected chi connectivity index (χ1v) is 8.43. The molecule has 0 unspecified atom stereocenters. The van der Waals surface area contributed by atoms with Crippen molar-refractivity contribution in [2.45, 2.75) is 26.7 Å². The van der Waals surface area contributed by atoms with E-state index in [1.807, 2.05) is 37.3 Å². The Morgan fingerprint density at radius 1 is 1.19 bits per heavy atom. The molecule has 3 aromatic rings. The number of carbonyl (C=O) groups excluding carboxylic acids is 1. The van der Waals surface area contributed by atoms with Gasteiger partial charge in [0.15, 0.2) is 0 Å². The summed E-state index contributed by atoms with van der Waals surface area (Å²) in [5, 5.41) is 6.80. The molecule has 0 aliphatic rings. The number of rotatable bonds is 5. The molecular weight excluding hydrogens is 330 g/mol. The molecule has 0 aliphatic carbocycles. The second kappa shape index (κ2) is 7.39. The van der Waals surface area contributed by atoms with Gasteiger partial charge in [0.1, 0.15) is 11.3 Å². The summed E-state index contributed by atoms with van der Waals surface area (Å²) in [5.41, 5.74) is 2.55. The summed E-state index contributed by atoms with van der Waals surface area (Å²) in [7, 11) is 1.78. The Hall–Kier alpha value is -3.15. The van der Waals surface area contributed by atoms with Crippen LogP contribution in [0.25, 0.3) is 0 Å². The molecule has 1 N–H and O–H groups in total. The highest BCUT2D eigenvalue weighted by Gasteiger charge is 2.18. The summed E-state index contributed by atoms with van der Waals surface area (Å²) >= 11 is 0. The van der Waals surface area contributed by atoms with Gasteiger partial charge in [0.25, 0.3) is 5.91 Å². The van der Waals surface area contributed by atoms with Crippen molar-refractivity contribution < 1.29 is 9.21 Å². The topological polar surface area (TPSA) is 77.1 Å². The van der Waals surface area contributed by atoms with Crippen LogP contribution < -0.4 is 10.9 Å². The number of hydrogen-bond acceptors (Lipinski definition) is 4. The Labute approximate surface area is 151 Å². The number of benzene rings is 1. The van der Waals surface area contributed by atoms with Crippen LogP contribution in [-0.4, -0.2) is 15.7 Å². The average Bonchev–Trinajstić information content (AvgIpc) is 2.92. The van der Waals surface area contributed by atoms with Crippen LogP contribution in [0.3, 0.4) is 0 Å². The first kappa shape index (κ1) is 17.7. The molecule has 2 heterocycles. The number of aryl methyl sites for hydroxylation is 4. The van der Waals surface area contributed by atoms with Gasteiger partial charge in [0.05, 0.1) is 17.6 Å². The number of hydrogen-bond donors (Lipinski definition) is 1. The quantitative estimate of drug-likeness (QED) is 0.766. The molecule has 0 spiro atoms. The van der Waals surface area contributed by atoms with Gasteiger partial charge >= 0.3 is 5.63 Å². The van der Waals surface area contributed by atoms with Crippen molar-refractivity contribution in [2.24, 2.45) is 7.05 Å². The predicted molar refractivity (Wildman–Crippen MR) is 99.5 cm³/mol. The summed E-state index contributed by atoms with van der Waals surface area (Å²) in [6.07, 6.45) is 2.92. The van der Waals surface area contributed by atoms with E-state index in [1.165, 1.54) is 5.56 Å². The largest absolute Gasteiger partial charge is 0.427 e. The zero-order valence-corrected chi connectivity index (χ0v) is 15.1. The van der Waals surface area contributed by atoms with Gasteiger partial charge in [-0.05, 0) is 37.5 Å². The second-order valence-corrected chi connectivity index (χ2v) is 6.27. The van der Waals surface area contributed by atoms with Gasteiger partial charge in [-0.25, -0.2) is 4.79 Å². The molecule has 1 aromatic carbocycles. The van der Waals surface area contributed by atoms with E-state index in [0.717, 1.165) is 12.1 Å². The molecule has 134 valence electrons. The van der Waals surface area contributed by atoms with E-state index in [1.54, 1.807) is 30.9 Å². The van der Waals surface area contributed by atoms with Crippen molar-refractivity contribution >= 4 is 11.6 Å². The van der Waals surface area contributed by atoms with Crippen molar-refractivity contribution in [3.8, 4) is 0 Å². The fourth-order valence-corrected chi connectivity index (χ4v) is 2.79. The van der Waals surface area contributed by atoms with Crippen LogP contribution in [0.15, 0.2) is 51.8 Å². The highest BCUT2D eigenvalue weighted by Crippen LogP contribution is 2.15. The van der Waals surface area contributed by atoms with E-state index in [-0.39, 0.29) is 5.56 Å². The molecular formula is C20H21N3O3. The van der Waals surface area contributed by atoms with E-state index < -0.39 is 11.5 Å². The molecule has 26 heavy (non-hydrogen) atoms. The van der Waals surface area contributed by atoms with Crippen LogP contribution in [0.5, 0.6) is 0 Å². The summed E-state index contributed by atoms with van der Waals surface area (Å²) in [5.74, 6) is 0.0902. The maximum atomic E-state index is 12.5. The van der Waals surface area contributed by atoms with Crippen LogP contribution in [0.1, 0.15) is 32.9 Å². The number of anilines is 1. The maximum absolute atomic E-state index is 12.5. The maximum Gasteiger partial charge on any atom is 0.349 e. The zero-order chi connectivity index (χ0) is 18.7. The Bertz CT molecular complexity index is 987. The van der Waals surface area contributed by atoms with Gasteiger partial charge in [-0.1, -0.05) is 30.3 Å². The predicted octanol–water partition coefficient (Wildman–Crippen LogP) is 3.03. The van der Waals surface area contributed by atoms with Gasteiger partial charge < -0.3 is 9.73 Å². The van der Waals surface area contributed by atoms with Crippen molar-refractivity contribution in [1.29, 1.82) is 0 Å². The molecule has 0 aliphatic heterocycles. The van der Waals surface area contributed by atoms with E-state index in [0.29, 0.717) is 23.4 Å². The molecule has 1 amide bonds. The van der Waals surface area contributed by atoms with Gasteiger partial charge in [-0.3, -0.25) is 9.48 Å². The minimum Gasteiger partial charge on any atom is -0.427 e. The average molecular weight is 351 g/mol. The van der Waals surface area contributed by atoms with Gasteiger partial charge in [0, 0.05) is 13.5 Å². The zero-order valence-electron chi connectivity index (χ0n) is 15.1. The first-order valence-electron chi connectivity index (χ1n) is 8.43. The molecule has 6 nitrogen and oxygen atoms in total. The van der Waals surface area contributed by atoms with Gasteiger partial charge in [0.2, 0.25) is 0 Å². The molecule has 0 bridgehead atoms. The normalized spacial score (nSPS) is 10.7. The fraction of sp³-hybridized carbons (Fsp3) is 0.250. The summed E-state index contributed by atoms with van der Waals surface area (Å²) < 4.78 is 7.02. The lowest BCUT2D eigenvalue weighted by molar-refractivity contribution is 0.102. The van der Waals surface area contributed by atoms with Crippen LogP contribution in [0, 0.1) is 13.8 Å². The molecule has 0 saturated heterocycles. The highest BCUT2D eigenvalue weighted by atomic mass is 16.4. The van der Waals surface area contributed by atoms with Crippen LogP contribution in [0.4, 0.5) is 5.69 Å². The minimum absolute atomic E-state index is 0.0247. The van der Waals surface area contributed by atoms with Crippen LogP contribution >= 0.6 is 0 Å². The number of nitrogens with one attached hydrogen (secondary N) is 1. The number of amides is 1. The molecule has 0 atom stereocenters. The van der Waals surface area contributed by atoms with Gasteiger partial charge in [-0.15, -0.1) is 0 Å². The van der Waals surface area contributed by atoms with Crippen molar-refractivity contribution in [3.05, 3.63) is 81.2 Å². The standard InChI is InChI=1S/C20H21N3O3/c1-13-11-16(10-9-15-7-5-4-6-8-15)26-20(25)18(13)19(24)22-17-12-21-23(3)14(17)2/h4-8,11-12H,9-10H2,1-3H3,(H,22,24). The Kier molecular flexibility index (Phi) is 5.02. The molecule has 0 saturated carbocycles. The van der Waals surface area contributed by atoms with Crippen molar-refractivity contribution in [3.63, 3.8) is 0 Å². The lowest BCUT2D eigenvalue weighted by Gasteiger charge is -2.08. The van der Waals surface area contributed by atoms with E-state index in [9.17, 15) is 9.59 Å². The molecule has 0 radical (unpaired) electrons. The Morgan fingerprint density at radius 3 is 2.54 bits per heavy atom. The van der Waals surface area contributed by atoms with Gasteiger partial charge in [-0.2, -0.15) is 5.10 Å².